The van der Waals surface area contributed by atoms with Crippen LogP contribution in [-0.4, -0.2) is 79.4 Å². The minimum atomic E-state index is 0.170. The van der Waals surface area contributed by atoms with Crippen molar-refractivity contribution in [3.8, 4) is 5.75 Å². The fraction of sp³-hybridized carbons (Fsp3) is 0.667. The predicted octanol–water partition coefficient (Wildman–Crippen LogP) is 4.84. The number of carbonyl (C=O) groups is 2. The molecule has 2 amide bonds. The van der Waals surface area contributed by atoms with E-state index in [4.69, 9.17) is 4.74 Å². The molecule has 1 aromatic carbocycles. The Morgan fingerprint density at radius 1 is 0.917 bits per heavy atom. The summed E-state index contributed by atoms with van der Waals surface area (Å²) in [7, 11) is 1.69. The maximum Gasteiger partial charge on any atom is 0.226 e. The van der Waals surface area contributed by atoms with Crippen LogP contribution in [0, 0.1) is 11.8 Å². The van der Waals surface area contributed by atoms with E-state index in [2.05, 4.69) is 26.9 Å². The van der Waals surface area contributed by atoms with Gasteiger partial charge in [-0.2, -0.15) is 0 Å². The van der Waals surface area contributed by atoms with Crippen molar-refractivity contribution in [3.05, 3.63) is 35.9 Å². The second-order valence-corrected chi connectivity index (χ2v) is 10.8. The van der Waals surface area contributed by atoms with Gasteiger partial charge >= 0.3 is 0 Å². The van der Waals surface area contributed by atoms with E-state index in [1.54, 1.807) is 7.11 Å². The van der Waals surface area contributed by atoms with Crippen LogP contribution in [0.4, 0.5) is 0 Å². The number of hydrogen-bond donors (Lipinski definition) is 0. The van der Waals surface area contributed by atoms with E-state index >= 15 is 0 Å². The van der Waals surface area contributed by atoms with Crippen molar-refractivity contribution in [3.63, 3.8) is 0 Å². The zero-order valence-corrected chi connectivity index (χ0v) is 22.2. The van der Waals surface area contributed by atoms with Crippen LogP contribution in [0.1, 0.15) is 69.8 Å². The highest BCUT2D eigenvalue weighted by Gasteiger charge is 2.29. The van der Waals surface area contributed by atoms with Gasteiger partial charge in [-0.1, -0.05) is 68.9 Å². The Hall–Kier alpha value is -2.34. The third-order valence-corrected chi connectivity index (χ3v) is 8.35. The summed E-state index contributed by atoms with van der Waals surface area (Å²) in [6.07, 6.45) is 15.6. The summed E-state index contributed by atoms with van der Waals surface area (Å²) in [6, 6.07) is 7.98. The largest absolute Gasteiger partial charge is 0.496 e. The van der Waals surface area contributed by atoms with Crippen molar-refractivity contribution in [1.82, 2.24) is 14.7 Å². The number of carbonyl (C=O) groups excluding carboxylic acids is 2. The van der Waals surface area contributed by atoms with Gasteiger partial charge in [0.25, 0.3) is 0 Å². The number of hydrogen-bond acceptors (Lipinski definition) is 4. The van der Waals surface area contributed by atoms with Gasteiger partial charge in [-0.25, -0.2) is 0 Å². The normalized spacial score (nSPS) is 20.5. The lowest BCUT2D eigenvalue weighted by molar-refractivity contribution is -0.138. The molecular weight excluding hydrogens is 450 g/mol. The van der Waals surface area contributed by atoms with Gasteiger partial charge in [-0.15, -0.1) is 0 Å². The Morgan fingerprint density at radius 2 is 1.56 bits per heavy atom. The molecule has 0 atom stereocenters. The van der Waals surface area contributed by atoms with Crippen molar-refractivity contribution in [1.29, 1.82) is 0 Å². The summed E-state index contributed by atoms with van der Waals surface area (Å²) in [4.78, 5) is 32.9. The second-order valence-electron chi connectivity index (χ2n) is 10.8. The lowest BCUT2D eigenvalue weighted by atomic mass is 9.88. The SMILES string of the molecule is COc1ccccc1/C=C/CN(CCN1CCN(C(=O)C2CCCCC2)CC1)C(=O)C1CCCCC1. The van der Waals surface area contributed by atoms with Gasteiger partial charge in [0.05, 0.1) is 7.11 Å². The van der Waals surface area contributed by atoms with Crippen LogP contribution in [0.3, 0.4) is 0 Å². The number of methoxy groups -OCH3 is 1. The Bertz CT molecular complexity index is 866. The van der Waals surface area contributed by atoms with Gasteiger partial charge in [0, 0.05) is 63.2 Å². The molecule has 6 heteroatoms. The molecule has 0 bridgehead atoms. The van der Waals surface area contributed by atoms with Crippen LogP contribution in [0.5, 0.6) is 5.75 Å². The summed E-state index contributed by atoms with van der Waals surface area (Å²) >= 11 is 0. The Kier molecular flexibility index (Phi) is 10.3. The summed E-state index contributed by atoms with van der Waals surface area (Å²) in [5.41, 5.74) is 1.03. The Labute approximate surface area is 217 Å². The number of benzene rings is 1. The molecule has 198 valence electrons. The minimum absolute atomic E-state index is 0.170. The molecule has 0 aromatic heterocycles. The molecule has 0 N–H and O–H groups in total. The molecule has 1 aromatic rings. The lowest BCUT2D eigenvalue weighted by Gasteiger charge is -2.38. The van der Waals surface area contributed by atoms with E-state index in [9.17, 15) is 9.59 Å². The molecule has 0 unspecified atom stereocenters. The summed E-state index contributed by atoms with van der Waals surface area (Å²) in [5, 5.41) is 0. The molecular formula is C30H45N3O3. The molecule has 1 saturated heterocycles. The first-order valence-corrected chi connectivity index (χ1v) is 14.2. The average molecular weight is 496 g/mol. The second kappa shape index (κ2) is 13.8. The molecule has 1 heterocycles. The van der Waals surface area contributed by atoms with Crippen LogP contribution in [-0.2, 0) is 9.59 Å². The van der Waals surface area contributed by atoms with Crippen LogP contribution in [0.2, 0.25) is 0 Å². The number of ether oxygens (including phenoxy) is 1. The van der Waals surface area contributed by atoms with E-state index in [0.29, 0.717) is 18.4 Å². The highest BCUT2D eigenvalue weighted by atomic mass is 16.5. The lowest BCUT2D eigenvalue weighted by Crippen LogP contribution is -2.52. The van der Waals surface area contributed by atoms with Crippen molar-refractivity contribution >= 4 is 17.9 Å². The van der Waals surface area contributed by atoms with Crippen LogP contribution in [0.15, 0.2) is 30.3 Å². The molecule has 36 heavy (non-hydrogen) atoms. The summed E-state index contributed by atoms with van der Waals surface area (Å²) < 4.78 is 5.47. The smallest absolute Gasteiger partial charge is 0.226 e. The van der Waals surface area contributed by atoms with E-state index in [0.717, 1.165) is 89.1 Å². The van der Waals surface area contributed by atoms with Gasteiger partial charge in [0.15, 0.2) is 0 Å². The number of nitrogens with zero attached hydrogens (tertiary/aromatic N) is 3. The molecule has 2 aliphatic carbocycles. The number of amides is 2. The van der Waals surface area contributed by atoms with Crippen molar-refractivity contribution < 1.29 is 14.3 Å². The summed E-state index contributed by atoms with van der Waals surface area (Å²) in [5.74, 6) is 1.96. The fourth-order valence-corrected chi connectivity index (χ4v) is 6.07. The van der Waals surface area contributed by atoms with Crippen LogP contribution < -0.4 is 4.74 Å². The highest BCUT2D eigenvalue weighted by Crippen LogP contribution is 2.27. The van der Waals surface area contributed by atoms with E-state index in [-0.39, 0.29) is 11.8 Å². The molecule has 3 fully saturated rings. The summed E-state index contributed by atoms with van der Waals surface area (Å²) in [6.45, 7) is 5.67. The third-order valence-electron chi connectivity index (χ3n) is 8.35. The van der Waals surface area contributed by atoms with E-state index in [1.165, 1.54) is 25.7 Å². The van der Waals surface area contributed by atoms with Crippen molar-refractivity contribution in [2.24, 2.45) is 11.8 Å². The number of rotatable bonds is 9. The molecule has 2 saturated carbocycles. The molecule has 0 radical (unpaired) electrons. The van der Waals surface area contributed by atoms with Crippen molar-refractivity contribution in [2.75, 3.05) is 52.9 Å². The van der Waals surface area contributed by atoms with Crippen LogP contribution in [0.25, 0.3) is 6.08 Å². The molecule has 1 aliphatic heterocycles. The Morgan fingerprint density at radius 3 is 2.22 bits per heavy atom. The first-order valence-electron chi connectivity index (χ1n) is 14.2. The van der Waals surface area contributed by atoms with Gasteiger partial charge in [-0.3, -0.25) is 14.5 Å². The third kappa shape index (κ3) is 7.34. The van der Waals surface area contributed by atoms with Gasteiger partial charge < -0.3 is 14.5 Å². The van der Waals surface area contributed by atoms with Crippen LogP contribution >= 0.6 is 0 Å². The van der Waals surface area contributed by atoms with E-state index in [1.807, 2.05) is 24.3 Å². The van der Waals surface area contributed by atoms with Crippen molar-refractivity contribution in [2.45, 2.75) is 64.2 Å². The molecule has 4 rings (SSSR count). The molecule has 3 aliphatic rings. The highest BCUT2D eigenvalue weighted by molar-refractivity contribution is 5.79. The first-order chi connectivity index (χ1) is 17.7. The van der Waals surface area contributed by atoms with Gasteiger partial charge in [0.2, 0.25) is 11.8 Å². The zero-order valence-electron chi connectivity index (χ0n) is 22.2. The quantitative estimate of drug-likeness (QED) is 0.492. The Balaban J connectivity index is 1.30. The predicted molar refractivity (Wildman–Crippen MR) is 145 cm³/mol. The average Bonchev–Trinajstić information content (AvgIpc) is 2.95. The first kappa shape index (κ1) is 26.7. The number of piperazine rings is 1. The fourth-order valence-electron chi connectivity index (χ4n) is 6.07. The zero-order chi connectivity index (χ0) is 25.2. The topological polar surface area (TPSA) is 53.1 Å². The molecule has 6 nitrogen and oxygen atoms in total. The van der Waals surface area contributed by atoms with Gasteiger partial charge in [-0.05, 0) is 31.7 Å². The minimum Gasteiger partial charge on any atom is -0.496 e. The maximum atomic E-state index is 13.4. The number of para-hydroxylation sites is 1. The standard InChI is InChI=1S/C30H45N3O3/c1-36-28-17-9-8-11-25(28)16-10-18-32(29(34)26-12-4-2-5-13-26)22-19-31-20-23-33(24-21-31)30(35)27-14-6-3-7-15-27/h8-11,16-17,26-27H,2-7,12-15,18-24H2,1H3/b16-10+. The monoisotopic (exact) mass is 495 g/mol. The molecule has 0 spiro atoms. The maximum absolute atomic E-state index is 13.4. The van der Waals surface area contributed by atoms with Gasteiger partial charge in [0.1, 0.15) is 5.75 Å². The van der Waals surface area contributed by atoms with E-state index < -0.39 is 0 Å².